The average Bonchev–Trinajstić information content (AvgIpc) is 2.87. The van der Waals surface area contributed by atoms with E-state index in [0.29, 0.717) is 44.8 Å². The van der Waals surface area contributed by atoms with Crippen LogP contribution in [0, 0.1) is 5.82 Å². The van der Waals surface area contributed by atoms with Crippen molar-refractivity contribution in [2.45, 2.75) is 25.2 Å². The zero-order chi connectivity index (χ0) is 26.3. The van der Waals surface area contributed by atoms with Crippen molar-refractivity contribution in [2.24, 2.45) is 0 Å². The van der Waals surface area contributed by atoms with Crippen molar-refractivity contribution in [3.05, 3.63) is 59.9 Å². The molecule has 0 unspecified atom stereocenters. The van der Waals surface area contributed by atoms with Crippen LogP contribution in [-0.2, 0) is 20.0 Å². The third kappa shape index (κ3) is 6.81. The van der Waals surface area contributed by atoms with Crippen molar-refractivity contribution >= 4 is 31.6 Å². The smallest absolute Gasteiger partial charge is 0.251 e. The third-order valence-electron chi connectivity index (χ3n) is 6.15. The predicted octanol–water partition coefficient (Wildman–Crippen LogP) is 2.13. The fourth-order valence-electron chi connectivity index (χ4n) is 4.05. The summed E-state index contributed by atoms with van der Waals surface area (Å²) in [6, 6.07) is 11.8. The summed E-state index contributed by atoms with van der Waals surface area (Å²) >= 11 is 0. The lowest BCUT2D eigenvalue weighted by Gasteiger charge is -2.35. The van der Waals surface area contributed by atoms with Crippen LogP contribution in [0.25, 0.3) is 0 Å². The van der Waals surface area contributed by atoms with Gasteiger partial charge in [0, 0.05) is 57.1 Å². The van der Waals surface area contributed by atoms with Crippen LogP contribution in [-0.4, -0.2) is 82.9 Å². The molecule has 1 heterocycles. The van der Waals surface area contributed by atoms with Gasteiger partial charge in [0.25, 0.3) is 5.91 Å². The maximum absolute atomic E-state index is 13.1. The zero-order valence-corrected chi connectivity index (χ0v) is 22.2. The SMILES string of the molecule is CCN(CC)S(=O)(=O)c1ccc(C(=O)NCCCS(=O)(=O)N2CCN(c3ccc(F)cc3)CC2)cc1. The molecule has 1 aliphatic heterocycles. The molecule has 12 heteroatoms. The molecule has 1 amide bonds. The van der Waals surface area contributed by atoms with E-state index < -0.39 is 26.0 Å². The molecule has 0 spiro atoms. The van der Waals surface area contributed by atoms with Crippen LogP contribution < -0.4 is 10.2 Å². The summed E-state index contributed by atoms with van der Waals surface area (Å²) in [6.07, 6.45) is 0.251. The van der Waals surface area contributed by atoms with Gasteiger partial charge in [-0.2, -0.15) is 8.61 Å². The lowest BCUT2D eigenvalue weighted by atomic mass is 10.2. The van der Waals surface area contributed by atoms with Crippen LogP contribution >= 0.6 is 0 Å². The summed E-state index contributed by atoms with van der Waals surface area (Å²) < 4.78 is 66.4. The van der Waals surface area contributed by atoms with Gasteiger partial charge in [-0.05, 0) is 55.0 Å². The van der Waals surface area contributed by atoms with E-state index in [1.807, 2.05) is 4.90 Å². The van der Waals surface area contributed by atoms with E-state index in [0.717, 1.165) is 5.69 Å². The molecule has 0 radical (unpaired) electrons. The Hall–Kier alpha value is -2.54. The second kappa shape index (κ2) is 12.1. The minimum absolute atomic E-state index is 0.0924. The third-order valence-corrected chi connectivity index (χ3v) is 10.2. The summed E-state index contributed by atoms with van der Waals surface area (Å²) in [5, 5.41) is 2.69. The van der Waals surface area contributed by atoms with Crippen LogP contribution in [0.15, 0.2) is 53.4 Å². The van der Waals surface area contributed by atoms with Gasteiger partial charge in [0.15, 0.2) is 0 Å². The number of hydrogen-bond acceptors (Lipinski definition) is 6. The van der Waals surface area contributed by atoms with Crippen LogP contribution in [0.4, 0.5) is 10.1 Å². The van der Waals surface area contributed by atoms with Crippen LogP contribution in [0.1, 0.15) is 30.6 Å². The van der Waals surface area contributed by atoms with E-state index in [1.165, 1.54) is 45.0 Å². The molecule has 0 saturated carbocycles. The summed E-state index contributed by atoms with van der Waals surface area (Å²) in [5.41, 5.74) is 1.16. The van der Waals surface area contributed by atoms with Crippen molar-refractivity contribution in [1.82, 2.24) is 13.9 Å². The van der Waals surface area contributed by atoms with E-state index in [9.17, 15) is 26.0 Å². The Morgan fingerprint density at radius 2 is 1.50 bits per heavy atom. The molecule has 1 saturated heterocycles. The number of benzene rings is 2. The Morgan fingerprint density at radius 3 is 2.06 bits per heavy atom. The number of amides is 1. The number of carbonyl (C=O) groups excluding carboxylic acids is 1. The number of carbonyl (C=O) groups is 1. The Bertz CT molecular complexity index is 1220. The van der Waals surface area contributed by atoms with Crippen LogP contribution in [0.5, 0.6) is 0 Å². The highest BCUT2D eigenvalue weighted by Crippen LogP contribution is 2.19. The zero-order valence-electron chi connectivity index (χ0n) is 20.6. The molecule has 0 aromatic heterocycles. The number of piperazine rings is 1. The average molecular weight is 541 g/mol. The fourth-order valence-corrected chi connectivity index (χ4v) is 7.00. The number of nitrogens with zero attached hydrogens (tertiary/aromatic N) is 3. The topological polar surface area (TPSA) is 107 Å². The molecular formula is C24H33FN4O5S2. The molecule has 1 fully saturated rings. The normalized spacial score (nSPS) is 15.3. The van der Waals surface area contributed by atoms with E-state index in [1.54, 1.807) is 26.0 Å². The fraction of sp³-hybridized carbons (Fsp3) is 0.458. The molecule has 9 nitrogen and oxygen atoms in total. The number of sulfonamides is 2. The summed E-state index contributed by atoms with van der Waals surface area (Å²) in [6.45, 7) is 6.12. The molecule has 2 aromatic carbocycles. The standard InChI is InChI=1S/C24H33FN4O5S2/c1-3-28(4-2)36(33,34)23-12-6-20(7-13-23)24(30)26-14-5-19-35(31,32)29-17-15-27(16-18-29)22-10-8-21(25)9-11-22/h6-13H,3-5,14-19H2,1-2H3,(H,26,30). The minimum atomic E-state index is -3.60. The minimum Gasteiger partial charge on any atom is -0.369 e. The van der Waals surface area contributed by atoms with Crippen molar-refractivity contribution in [3.8, 4) is 0 Å². The first kappa shape index (κ1) is 28.0. The summed E-state index contributed by atoms with van der Waals surface area (Å²) in [5.74, 6) is -0.801. The van der Waals surface area contributed by atoms with E-state index in [4.69, 9.17) is 0 Å². The summed E-state index contributed by atoms with van der Waals surface area (Å²) in [4.78, 5) is 14.5. The molecule has 1 aliphatic rings. The molecule has 0 aliphatic carbocycles. The van der Waals surface area contributed by atoms with E-state index >= 15 is 0 Å². The first-order valence-electron chi connectivity index (χ1n) is 11.9. The van der Waals surface area contributed by atoms with Gasteiger partial charge in [-0.3, -0.25) is 4.79 Å². The van der Waals surface area contributed by atoms with Gasteiger partial charge in [-0.25, -0.2) is 21.2 Å². The predicted molar refractivity (Wildman–Crippen MR) is 137 cm³/mol. The van der Waals surface area contributed by atoms with Crippen LogP contribution in [0.3, 0.4) is 0 Å². The van der Waals surface area contributed by atoms with Crippen molar-refractivity contribution in [1.29, 1.82) is 0 Å². The summed E-state index contributed by atoms with van der Waals surface area (Å²) in [7, 11) is -7.07. The molecule has 36 heavy (non-hydrogen) atoms. The van der Waals surface area contributed by atoms with Crippen LogP contribution in [0.2, 0.25) is 0 Å². The monoisotopic (exact) mass is 540 g/mol. The van der Waals surface area contributed by atoms with E-state index in [-0.39, 0.29) is 29.4 Å². The first-order chi connectivity index (χ1) is 17.1. The van der Waals surface area contributed by atoms with Gasteiger partial charge >= 0.3 is 0 Å². The Balaban J connectivity index is 1.45. The highest BCUT2D eigenvalue weighted by Gasteiger charge is 2.27. The quantitative estimate of drug-likeness (QED) is 0.438. The molecule has 2 aromatic rings. The lowest BCUT2D eigenvalue weighted by Crippen LogP contribution is -2.49. The highest BCUT2D eigenvalue weighted by atomic mass is 32.2. The molecule has 0 atom stereocenters. The molecule has 0 bridgehead atoms. The second-order valence-electron chi connectivity index (χ2n) is 8.40. The molecule has 198 valence electrons. The maximum Gasteiger partial charge on any atom is 0.251 e. The van der Waals surface area contributed by atoms with Crippen molar-refractivity contribution < 1.29 is 26.0 Å². The molecular weight excluding hydrogens is 507 g/mol. The largest absolute Gasteiger partial charge is 0.369 e. The Labute approximate surface area is 213 Å². The van der Waals surface area contributed by atoms with Crippen molar-refractivity contribution in [3.63, 3.8) is 0 Å². The maximum atomic E-state index is 13.1. The van der Waals surface area contributed by atoms with Gasteiger partial charge < -0.3 is 10.2 Å². The second-order valence-corrected chi connectivity index (χ2v) is 12.4. The lowest BCUT2D eigenvalue weighted by molar-refractivity contribution is 0.0953. The Morgan fingerprint density at radius 1 is 0.917 bits per heavy atom. The highest BCUT2D eigenvalue weighted by molar-refractivity contribution is 7.89. The van der Waals surface area contributed by atoms with Crippen molar-refractivity contribution in [2.75, 3.05) is 56.5 Å². The van der Waals surface area contributed by atoms with Gasteiger partial charge in [0.2, 0.25) is 20.0 Å². The Kier molecular flexibility index (Phi) is 9.45. The number of halogens is 1. The van der Waals surface area contributed by atoms with Gasteiger partial charge in [0.05, 0.1) is 10.6 Å². The number of hydrogen-bond donors (Lipinski definition) is 1. The number of nitrogens with one attached hydrogen (secondary N) is 1. The van der Waals surface area contributed by atoms with Gasteiger partial charge in [-0.1, -0.05) is 13.8 Å². The molecule has 1 N–H and O–H groups in total. The van der Waals surface area contributed by atoms with Gasteiger partial charge in [0.1, 0.15) is 5.82 Å². The van der Waals surface area contributed by atoms with Gasteiger partial charge in [-0.15, -0.1) is 0 Å². The molecule has 3 rings (SSSR count). The number of anilines is 1. The number of rotatable bonds is 11. The first-order valence-corrected chi connectivity index (χ1v) is 15.0. The van der Waals surface area contributed by atoms with E-state index in [2.05, 4.69) is 5.32 Å².